The Morgan fingerprint density at radius 1 is 1.27 bits per heavy atom. The van der Waals surface area contributed by atoms with Crippen LogP contribution in [0.15, 0.2) is 39.1 Å². The number of likely N-dealkylation sites (tertiary alicyclic amines) is 1. The average Bonchev–Trinajstić information content (AvgIpc) is 3.26. The summed E-state index contributed by atoms with van der Waals surface area (Å²) >= 11 is 1.67. The Bertz CT molecular complexity index is 1220. The minimum absolute atomic E-state index is 0.116. The van der Waals surface area contributed by atoms with Gasteiger partial charge in [0.2, 0.25) is 0 Å². The first-order valence-electron chi connectivity index (χ1n) is 13.8. The van der Waals surface area contributed by atoms with Crippen molar-refractivity contribution in [1.29, 1.82) is 0 Å². The maximum absolute atomic E-state index is 14.3. The highest BCUT2D eigenvalue weighted by Gasteiger charge is 2.45. The molecule has 0 saturated carbocycles. The van der Waals surface area contributed by atoms with E-state index in [1.54, 1.807) is 36.6 Å². The lowest BCUT2D eigenvalue weighted by Gasteiger charge is -2.40. The smallest absolute Gasteiger partial charge is 0.257 e. The van der Waals surface area contributed by atoms with Gasteiger partial charge in [-0.25, -0.2) is 13.2 Å². The largest absolute Gasteiger partial charge is 0.400 e. The van der Waals surface area contributed by atoms with Crippen LogP contribution in [0.25, 0.3) is 0 Å². The van der Waals surface area contributed by atoms with Gasteiger partial charge in [0.05, 0.1) is 17.6 Å². The minimum Gasteiger partial charge on any atom is -0.400 e. The first-order chi connectivity index (χ1) is 19.4. The summed E-state index contributed by atoms with van der Waals surface area (Å²) in [5.74, 6) is -3.02. The quantitative estimate of drug-likeness (QED) is 0.162. The zero-order valence-corrected chi connectivity index (χ0v) is 25.4. The van der Waals surface area contributed by atoms with Gasteiger partial charge in [0.1, 0.15) is 12.0 Å². The highest BCUT2D eigenvalue weighted by atomic mass is 32.2. The highest BCUT2D eigenvalue weighted by molar-refractivity contribution is 7.99. The Morgan fingerprint density at radius 2 is 1.93 bits per heavy atom. The van der Waals surface area contributed by atoms with E-state index >= 15 is 0 Å². The molecule has 3 N–H and O–H groups in total. The summed E-state index contributed by atoms with van der Waals surface area (Å²) < 4.78 is 42.6. The van der Waals surface area contributed by atoms with Crippen LogP contribution in [0.4, 0.5) is 18.9 Å². The van der Waals surface area contributed by atoms with Crippen LogP contribution in [0.3, 0.4) is 0 Å². The van der Waals surface area contributed by atoms with Crippen LogP contribution in [0.1, 0.15) is 61.8 Å². The zero-order chi connectivity index (χ0) is 30.8. The normalized spacial score (nSPS) is 21.9. The molecule has 0 spiro atoms. The van der Waals surface area contributed by atoms with E-state index in [0.29, 0.717) is 30.4 Å². The summed E-state index contributed by atoms with van der Waals surface area (Å²) in [6.07, 6.45) is 4.22. The van der Waals surface area contributed by atoms with Crippen molar-refractivity contribution in [2.45, 2.75) is 81.3 Å². The van der Waals surface area contributed by atoms with Crippen LogP contribution >= 0.6 is 11.8 Å². The summed E-state index contributed by atoms with van der Waals surface area (Å²) in [5.41, 5.74) is 2.71. The van der Waals surface area contributed by atoms with Gasteiger partial charge < -0.3 is 20.2 Å². The number of aryl methyl sites for hydroxylation is 1. The molecular formula is C30H43F3N4O3S. The number of hydrogen-bond donors (Lipinski definition) is 3. The van der Waals surface area contributed by atoms with Gasteiger partial charge in [-0.3, -0.25) is 14.7 Å². The lowest BCUT2D eigenvalue weighted by molar-refractivity contribution is -0.117. The molecule has 1 saturated heterocycles. The van der Waals surface area contributed by atoms with E-state index in [0.717, 1.165) is 47.4 Å². The number of alkyl halides is 3. The van der Waals surface area contributed by atoms with Crippen LogP contribution in [-0.2, 0) is 24.1 Å². The Kier molecular flexibility index (Phi) is 13.3. The number of nitrogens with zero attached hydrogens (tertiary/aromatic N) is 2. The SMILES string of the molecule is C=Nc1cc2c(cc1SCNC)CC(C)(F)C2.CCCc1cc(C2CN(C(C)C=O)CCC2(F)F)c[nH]c1=O.CO. The molecule has 3 atom stereocenters. The number of pyridine rings is 1. The maximum atomic E-state index is 14.3. The number of aliphatic hydroxyl groups excluding tert-OH is 1. The fraction of sp³-hybridized carbons (Fsp3) is 0.567. The number of hydrogen-bond acceptors (Lipinski definition) is 7. The van der Waals surface area contributed by atoms with Crippen LogP contribution in [0, 0.1) is 0 Å². The molecule has 3 unspecified atom stereocenters. The van der Waals surface area contributed by atoms with Gasteiger partial charge in [0, 0.05) is 62.0 Å². The number of benzene rings is 1. The molecule has 0 bridgehead atoms. The molecule has 4 rings (SSSR count). The number of aliphatic hydroxyl groups is 1. The lowest BCUT2D eigenvalue weighted by Crippen LogP contribution is -2.49. The number of aliphatic imine (C=N–C) groups is 1. The molecule has 2 heterocycles. The van der Waals surface area contributed by atoms with Crippen molar-refractivity contribution in [2.75, 3.05) is 33.1 Å². The van der Waals surface area contributed by atoms with E-state index in [-0.39, 0.29) is 31.1 Å². The fourth-order valence-corrected chi connectivity index (χ4v) is 5.96. The molecule has 1 aliphatic carbocycles. The Morgan fingerprint density at radius 3 is 2.51 bits per heavy atom. The van der Waals surface area contributed by atoms with E-state index in [2.05, 4.69) is 28.1 Å². The van der Waals surface area contributed by atoms with Crippen molar-refractivity contribution in [1.82, 2.24) is 15.2 Å². The predicted molar refractivity (Wildman–Crippen MR) is 161 cm³/mol. The van der Waals surface area contributed by atoms with Crippen molar-refractivity contribution in [3.63, 3.8) is 0 Å². The van der Waals surface area contributed by atoms with Gasteiger partial charge in [0.25, 0.3) is 11.5 Å². The average molecular weight is 597 g/mol. The molecule has 11 heteroatoms. The first kappa shape index (κ1) is 34.7. The van der Waals surface area contributed by atoms with Gasteiger partial charge in [-0.2, -0.15) is 0 Å². The number of rotatable bonds is 9. The van der Waals surface area contributed by atoms with E-state index < -0.39 is 17.5 Å². The van der Waals surface area contributed by atoms with Gasteiger partial charge in [0.15, 0.2) is 0 Å². The summed E-state index contributed by atoms with van der Waals surface area (Å²) in [7, 11) is 2.90. The molecule has 228 valence electrons. The van der Waals surface area contributed by atoms with Gasteiger partial charge in [-0.1, -0.05) is 13.3 Å². The molecule has 1 aromatic carbocycles. The molecule has 0 amide bonds. The van der Waals surface area contributed by atoms with Gasteiger partial charge in [-0.15, -0.1) is 11.8 Å². The third-order valence-corrected chi connectivity index (χ3v) is 8.37. The number of carbonyl (C=O) groups is 1. The van der Waals surface area contributed by atoms with E-state index in [9.17, 15) is 22.8 Å². The molecule has 41 heavy (non-hydrogen) atoms. The number of fused-ring (bicyclic) bond motifs is 1. The lowest BCUT2D eigenvalue weighted by atomic mass is 9.86. The number of aromatic amines is 1. The molecule has 7 nitrogen and oxygen atoms in total. The number of thioether (sulfide) groups is 1. The Balaban J connectivity index is 0.000000278. The number of H-pyrrole nitrogens is 1. The van der Waals surface area contributed by atoms with E-state index in [4.69, 9.17) is 5.11 Å². The van der Waals surface area contributed by atoms with Crippen molar-refractivity contribution in [3.05, 3.63) is 57.0 Å². The topological polar surface area (TPSA) is 97.8 Å². The molecule has 1 aliphatic heterocycles. The number of nitrogens with one attached hydrogen (secondary N) is 2. The molecular weight excluding hydrogens is 553 g/mol. The van der Waals surface area contributed by atoms with Crippen LogP contribution < -0.4 is 10.9 Å². The third kappa shape index (κ3) is 9.26. The maximum Gasteiger partial charge on any atom is 0.257 e. The van der Waals surface area contributed by atoms with Crippen molar-refractivity contribution in [2.24, 2.45) is 4.99 Å². The molecule has 2 aromatic rings. The van der Waals surface area contributed by atoms with Crippen molar-refractivity contribution < 1.29 is 23.1 Å². The van der Waals surface area contributed by atoms with Crippen molar-refractivity contribution in [3.8, 4) is 0 Å². The number of piperidine rings is 1. The van der Waals surface area contributed by atoms with Crippen LogP contribution in [-0.4, -0.2) is 78.8 Å². The van der Waals surface area contributed by atoms with E-state index in [1.807, 2.05) is 20.0 Å². The second-order valence-electron chi connectivity index (χ2n) is 10.6. The Labute approximate surface area is 245 Å². The highest BCUT2D eigenvalue weighted by Crippen LogP contribution is 2.41. The van der Waals surface area contributed by atoms with Gasteiger partial charge >= 0.3 is 0 Å². The Hall–Kier alpha value is -2.47. The second kappa shape index (κ2) is 15.7. The standard InChI is InChI=1S/C16H22F2N2O2.C13H17FN2S.CH4O/c1-3-4-12-7-13(8-19-15(12)22)14-9-20(11(2)10-21)6-5-16(14,17)18;1-13(14)6-9-4-11(16-3)12(17-8-15-2)5-10(9)7-13;1-2/h7-8,10-11,14H,3-6,9H2,1-2H3,(H,19,22);4-5,15H,3,6-8H2,1-2H3;2H,1H3. The molecule has 0 radical (unpaired) electrons. The minimum atomic E-state index is -2.83. The summed E-state index contributed by atoms with van der Waals surface area (Å²) in [6.45, 7) is 9.21. The number of aldehydes is 1. The fourth-order valence-electron chi connectivity index (χ4n) is 5.17. The zero-order valence-electron chi connectivity index (χ0n) is 24.6. The molecule has 1 fully saturated rings. The summed E-state index contributed by atoms with van der Waals surface area (Å²) in [6, 6.07) is 5.25. The number of aromatic nitrogens is 1. The van der Waals surface area contributed by atoms with Crippen LogP contribution in [0.2, 0.25) is 0 Å². The summed E-state index contributed by atoms with van der Waals surface area (Å²) in [4.78, 5) is 32.1. The summed E-state index contributed by atoms with van der Waals surface area (Å²) in [5, 5.41) is 10.1. The van der Waals surface area contributed by atoms with E-state index in [1.165, 1.54) is 6.20 Å². The van der Waals surface area contributed by atoms with Gasteiger partial charge in [-0.05, 0) is 68.9 Å². The third-order valence-electron chi connectivity index (χ3n) is 7.30. The number of halogens is 3. The van der Waals surface area contributed by atoms with Crippen LogP contribution in [0.5, 0.6) is 0 Å². The first-order valence-corrected chi connectivity index (χ1v) is 14.8. The monoisotopic (exact) mass is 596 g/mol. The molecule has 2 aliphatic rings. The number of carbonyl (C=O) groups excluding carboxylic acids is 1. The molecule has 1 aromatic heterocycles. The predicted octanol–water partition coefficient (Wildman–Crippen LogP) is 5.06. The second-order valence-corrected chi connectivity index (χ2v) is 11.6. The van der Waals surface area contributed by atoms with Crippen molar-refractivity contribution >= 4 is 30.5 Å².